The van der Waals surface area contributed by atoms with Gasteiger partial charge in [0.25, 0.3) is 0 Å². The van der Waals surface area contributed by atoms with Crippen LogP contribution in [0.15, 0.2) is 30.3 Å². The van der Waals surface area contributed by atoms with Gasteiger partial charge in [-0.3, -0.25) is 9.59 Å². The predicted octanol–water partition coefficient (Wildman–Crippen LogP) is 3.89. The van der Waals surface area contributed by atoms with Gasteiger partial charge in [0.05, 0.1) is 17.4 Å². The normalized spacial score (nSPS) is 16.1. The van der Waals surface area contributed by atoms with Crippen molar-refractivity contribution in [2.75, 3.05) is 11.9 Å². The summed E-state index contributed by atoms with van der Waals surface area (Å²) in [7, 11) is 0. The number of carbonyl (C=O) groups is 2. The minimum atomic E-state index is -0.840. The summed E-state index contributed by atoms with van der Waals surface area (Å²) in [5.41, 5.74) is 0.212. The van der Waals surface area contributed by atoms with Gasteiger partial charge in [-0.2, -0.15) is 5.26 Å². The van der Waals surface area contributed by atoms with Crippen LogP contribution in [-0.2, 0) is 15.0 Å². The molecule has 1 fully saturated rings. The standard InChI is InChI=1S/C21H22ClN3O3S/c1-13(26)17-6-7-18(29-17)21(8-2-3-9-21)12-24-19(27)20(28)25-16-10-15(22)5-4-14(16)11-23/h4-7,10,13,26H,2-3,8-9,12H2,1H3,(H,24,27)(H,25,28). The molecule has 3 rings (SSSR count). The molecule has 1 saturated carbocycles. The summed E-state index contributed by atoms with van der Waals surface area (Å²) in [6, 6.07) is 10.4. The molecule has 1 heterocycles. The molecule has 6 nitrogen and oxygen atoms in total. The molecule has 3 N–H and O–H groups in total. The number of thiophene rings is 1. The second-order valence-electron chi connectivity index (χ2n) is 7.30. The number of nitriles is 1. The SMILES string of the molecule is CC(O)c1ccc(C2(CNC(=O)C(=O)Nc3cc(Cl)ccc3C#N)CCCC2)s1. The molecule has 0 radical (unpaired) electrons. The molecule has 0 spiro atoms. The van der Waals surface area contributed by atoms with Crippen LogP contribution in [0.25, 0.3) is 0 Å². The third-order valence-electron chi connectivity index (χ3n) is 5.27. The number of halogens is 1. The molecule has 0 saturated heterocycles. The fourth-order valence-corrected chi connectivity index (χ4v) is 5.01. The first-order valence-electron chi connectivity index (χ1n) is 9.42. The zero-order chi connectivity index (χ0) is 21.0. The molecule has 1 atom stereocenters. The Morgan fingerprint density at radius 2 is 2.00 bits per heavy atom. The highest BCUT2D eigenvalue weighted by atomic mass is 35.5. The van der Waals surface area contributed by atoms with Crippen molar-refractivity contribution in [3.63, 3.8) is 0 Å². The van der Waals surface area contributed by atoms with E-state index in [1.807, 2.05) is 18.2 Å². The smallest absolute Gasteiger partial charge is 0.313 e. The number of nitrogens with one attached hydrogen (secondary N) is 2. The number of nitrogens with zero attached hydrogens (tertiary/aromatic N) is 1. The molecular weight excluding hydrogens is 410 g/mol. The van der Waals surface area contributed by atoms with E-state index in [4.69, 9.17) is 16.9 Å². The van der Waals surface area contributed by atoms with Crippen molar-refractivity contribution < 1.29 is 14.7 Å². The van der Waals surface area contributed by atoms with Crippen molar-refractivity contribution in [3.05, 3.63) is 50.7 Å². The van der Waals surface area contributed by atoms with Crippen LogP contribution in [0, 0.1) is 11.3 Å². The van der Waals surface area contributed by atoms with E-state index in [2.05, 4.69) is 10.6 Å². The molecule has 0 aliphatic heterocycles. The van der Waals surface area contributed by atoms with Gasteiger partial charge in [0.2, 0.25) is 0 Å². The Bertz CT molecular complexity index is 958. The van der Waals surface area contributed by atoms with Gasteiger partial charge in [-0.05, 0) is 50.1 Å². The fraction of sp³-hybridized carbons (Fsp3) is 0.381. The lowest BCUT2D eigenvalue weighted by Crippen LogP contribution is -2.43. The maximum absolute atomic E-state index is 12.4. The Morgan fingerprint density at radius 1 is 1.28 bits per heavy atom. The summed E-state index contributed by atoms with van der Waals surface area (Å²) in [6.07, 6.45) is 3.42. The van der Waals surface area contributed by atoms with E-state index < -0.39 is 17.9 Å². The Morgan fingerprint density at radius 3 is 2.62 bits per heavy atom. The van der Waals surface area contributed by atoms with Gasteiger partial charge in [-0.1, -0.05) is 24.4 Å². The zero-order valence-electron chi connectivity index (χ0n) is 16.0. The van der Waals surface area contributed by atoms with Gasteiger partial charge in [0.15, 0.2) is 0 Å². The Hall–Kier alpha value is -2.40. The summed E-state index contributed by atoms with van der Waals surface area (Å²) < 4.78 is 0. The fourth-order valence-electron chi connectivity index (χ4n) is 3.65. The number of amides is 2. The van der Waals surface area contributed by atoms with Crippen molar-refractivity contribution in [1.82, 2.24) is 5.32 Å². The van der Waals surface area contributed by atoms with Crippen LogP contribution in [0.2, 0.25) is 5.02 Å². The number of aliphatic hydroxyl groups is 1. The monoisotopic (exact) mass is 431 g/mol. The van der Waals surface area contributed by atoms with Gasteiger partial charge in [0, 0.05) is 26.7 Å². The number of anilines is 1. The maximum atomic E-state index is 12.4. The van der Waals surface area contributed by atoms with E-state index in [1.54, 1.807) is 24.3 Å². The number of hydrogen-bond acceptors (Lipinski definition) is 5. The molecule has 1 aliphatic rings. The summed E-state index contributed by atoms with van der Waals surface area (Å²) >= 11 is 7.47. The van der Waals surface area contributed by atoms with Crippen LogP contribution in [0.1, 0.15) is 54.0 Å². The first-order valence-corrected chi connectivity index (χ1v) is 10.6. The lowest BCUT2D eigenvalue weighted by Gasteiger charge is -2.28. The van der Waals surface area contributed by atoms with Crippen molar-refractivity contribution in [2.24, 2.45) is 0 Å². The van der Waals surface area contributed by atoms with Gasteiger partial charge < -0.3 is 15.7 Å². The third kappa shape index (κ3) is 4.78. The highest BCUT2D eigenvalue weighted by molar-refractivity contribution is 7.12. The van der Waals surface area contributed by atoms with Crippen molar-refractivity contribution >= 4 is 40.4 Å². The van der Waals surface area contributed by atoms with E-state index in [9.17, 15) is 14.7 Å². The number of benzene rings is 1. The summed E-state index contributed by atoms with van der Waals surface area (Å²) in [5, 5.41) is 24.5. The molecule has 2 aromatic rings. The van der Waals surface area contributed by atoms with E-state index in [-0.39, 0.29) is 16.7 Å². The number of aliphatic hydroxyl groups excluding tert-OH is 1. The van der Waals surface area contributed by atoms with E-state index in [1.165, 1.54) is 12.1 Å². The topological polar surface area (TPSA) is 102 Å². The average Bonchev–Trinajstić information content (AvgIpc) is 3.36. The van der Waals surface area contributed by atoms with Crippen LogP contribution in [0.3, 0.4) is 0 Å². The summed E-state index contributed by atoms with van der Waals surface area (Å²) in [5.74, 6) is -1.60. The molecule has 1 unspecified atom stereocenters. The van der Waals surface area contributed by atoms with E-state index in [0.717, 1.165) is 35.4 Å². The first-order chi connectivity index (χ1) is 13.8. The summed E-state index contributed by atoms with van der Waals surface area (Å²) in [6.45, 7) is 2.08. The zero-order valence-corrected chi connectivity index (χ0v) is 17.6. The Kier molecular flexibility index (Phi) is 6.58. The minimum absolute atomic E-state index is 0.204. The van der Waals surface area contributed by atoms with Gasteiger partial charge >= 0.3 is 11.8 Å². The van der Waals surface area contributed by atoms with Crippen LogP contribution in [0.5, 0.6) is 0 Å². The molecule has 8 heteroatoms. The average molecular weight is 432 g/mol. The maximum Gasteiger partial charge on any atom is 0.313 e. The molecule has 29 heavy (non-hydrogen) atoms. The number of rotatable bonds is 5. The first kappa shape index (κ1) is 21.3. The number of hydrogen-bond donors (Lipinski definition) is 3. The van der Waals surface area contributed by atoms with Gasteiger partial charge in [-0.25, -0.2) is 0 Å². The highest BCUT2D eigenvalue weighted by Crippen LogP contribution is 2.44. The van der Waals surface area contributed by atoms with Crippen LogP contribution in [-0.4, -0.2) is 23.5 Å². The van der Waals surface area contributed by atoms with E-state index >= 15 is 0 Å². The molecule has 1 aromatic heterocycles. The van der Waals surface area contributed by atoms with Crippen molar-refractivity contribution in [1.29, 1.82) is 5.26 Å². The van der Waals surface area contributed by atoms with Crippen molar-refractivity contribution in [2.45, 2.75) is 44.1 Å². The number of carbonyl (C=O) groups excluding carboxylic acids is 2. The predicted molar refractivity (Wildman–Crippen MR) is 113 cm³/mol. The lowest BCUT2D eigenvalue weighted by molar-refractivity contribution is -0.136. The Labute approximate surface area is 178 Å². The molecule has 1 aliphatic carbocycles. The quantitative estimate of drug-likeness (QED) is 0.625. The summed E-state index contributed by atoms with van der Waals surface area (Å²) in [4.78, 5) is 26.7. The molecule has 2 amide bonds. The largest absolute Gasteiger partial charge is 0.388 e. The van der Waals surface area contributed by atoms with Crippen LogP contribution < -0.4 is 10.6 Å². The second-order valence-corrected chi connectivity index (χ2v) is 8.86. The molecule has 152 valence electrons. The minimum Gasteiger partial charge on any atom is -0.388 e. The third-order valence-corrected chi connectivity index (χ3v) is 7.00. The Balaban J connectivity index is 1.68. The lowest BCUT2D eigenvalue weighted by atomic mass is 9.84. The second kappa shape index (κ2) is 8.95. The van der Waals surface area contributed by atoms with E-state index in [0.29, 0.717) is 11.6 Å². The van der Waals surface area contributed by atoms with Crippen molar-refractivity contribution in [3.8, 4) is 6.07 Å². The molecule has 0 bridgehead atoms. The van der Waals surface area contributed by atoms with Gasteiger partial charge in [-0.15, -0.1) is 11.3 Å². The highest BCUT2D eigenvalue weighted by Gasteiger charge is 2.38. The van der Waals surface area contributed by atoms with Crippen LogP contribution >= 0.6 is 22.9 Å². The molecular formula is C21H22ClN3O3S. The molecule has 1 aromatic carbocycles. The van der Waals surface area contributed by atoms with Gasteiger partial charge in [0.1, 0.15) is 6.07 Å². The van der Waals surface area contributed by atoms with Crippen LogP contribution in [0.4, 0.5) is 5.69 Å².